The van der Waals surface area contributed by atoms with E-state index in [9.17, 15) is 9.59 Å². The van der Waals surface area contributed by atoms with Crippen LogP contribution in [0, 0.1) is 6.92 Å². The number of amides is 2. The Hall–Kier alpha value is -2.22. The summed E-state index contributed by atoms with van der Waals surface area (Å²) >= 11 is 1.73. The van der Waals surface area contributed by atoms with Crippen molar-refractivity contribution in [1.29, 1.82) is 0 Å². The molecule has 2 aromatic rings. The lowest BCUT2D eigenvalue weighted by molar-refractivity contribution is -0.136. The number of likely N-dealkylation sites (tertiary alicyclic amines) is 1. The Bertz CT molecular complexity index is 807. The van der Waals surface area contributed by atoms with E-state index >= 15 is 0 Å². The zero-order chi connectivity index (χ0) is 20.8. The van der Waals surface area contributed by atoms with Crippen LogP contribution in [-0.4, -0.2) is 53.3 Å². The van der Waals surface area contributed by atoms with Gasteiger partial charge in [0.05, 0.1) is 0 Å². The van der Waals surface area contributed by atoms with Gasteiger partial charge in [-0.05, 0) is 30.4 Å². The van der Waals surface area contributed by atoms with Gasteiger partial charge in [0.1, 0.15) is 6.04 Å². The van der Waals surface area contributed by atoms with Crippen LogP contribution in [-0.2, 0) is 22.7 Å². The van der Waals surface area contributed by atoms with Crippen molar-refractivity contribution in [3.8, 4) is 0 Å². The molecule has 2 amide bonds. The van der Waals surface area contributed by atoms with Crippen molar-refractivity contribution in [1.82, 2.24) is 15.1 Å². The molecule has 2 unspecified atom stereocenters. The molecule has 6 nitrogen and oxygen atoms in total. The number of hydrogen-bond acceptors (Lipinski definition) is 5. The molecule has 156 valence electrons. The lowest BCUT2D eigenvalue weighted by Gasteiger charge is -2.28. The number of rotatable bonds is 8. The first-order valence-corrected chi connectivity index (χ1v) is 10.9. The number of nitrogens with zero attached hydrogens (tertiary/aromatic N) is 2. The number of nitrogens with two attached hydrogens (primary N) is 1. The molecular formula is C22H30N4O2S. The summed E-state index contributed by atoms with van der Waals surface area (Å²) in [6.45, 7) is 6.58. The van der Waals surface area contributed by atoms with Crippen LogP contribution in [0.1, 0.15) is 29.3 Å². The highest BCUT2D eigenvalue weighted by Crippen LogP contribution is 2.27. The summed E-state index contributed by atoms with van der Waals surface area (Å²) in [6, 6.07) is 12.4. The second-order valence-electron chi connectivity index (χ2n) is 7.63. The smallest absolute Gasteiger partial charge is 0.242 e. The molecule has 2 atom stereocenters. The third-order valence-electron chi connectivity index (χ3n) is 5.39. The van der Waals surface area contributed by atoms with Crippen LogP contribution >= 0.6 is 11.3 Å². The molecule has 1 saturated heterocycles. The van der Waals surface area contributed by atoms with E-state index in [2.05, 4.69) is 58.9 Å². The molecule has 1 aromatic heterocycles. The van der Waals surface area contributed by atoms with Gasteiger partial charge in [-0.3, -0.25) is 14.5 Å². The van der Waals surface area contributed by atoms with Gasteiger partial charge in [0.2, 0.25) is 11.8 Å². The van der Waals surface area contributed by atoms with E-state index in [4.69, 9.17) is 5.73 Å². The molecule has 0 bridgehead atoms. The quantitative estimate of drug-likeness (QED) is 0.694. The van der Waals surface area contributed by atoms with Crippen LogP contribution in [0.15, 0.2) is 41.8 Å². The molecule has 0 saturated carbocycles. The molecule has 1 fully saturated rings. The summed E-state index contributed by atoms with van der Waals surface area (Å²) in [4.78, 5) is 30.2. The first-order valence-electron chi connectivity index (χ1n) is 10.0. The van der Waals surface area contributed by atoms with Crippen molar-refractivity contribution >= 4 is 23.2 Å². The fourth-order valence-electron chi connectivity index (χ4n) is 3.83. The van der Waals surface area contributed by atoms with Gasteiger partial charge in [-0.25, -0.2) is 0 Å². The van der Waals surface area contributed by atoms with Crippen molar-refractivity contribution in [2.45, 2.75) is 45.4 Å². The van der Waals surface area contributed by atoms with Gasteiger partial charge in [0.25, 0.3) is 0 Å². The first-order chi connectivity index (χ1) is 14.0. The van der Waals surface area contributed by atoms with E-state index < -0.39 is 6.04 Å². The summed E-state index contributed by atoms with van der Waals surface area (Å²) in [5.41, 5.74) is 7.98. The number of carbonyl (C=O) groups excluding carboxylic acids is 2. The largest absolute Gasteiger partial charge is 0.353 e. The summed E-state index contributed by atoms with van der Waals surface area (Å²) in [7, 11) is 0. The highest BCUT2D eigenvalue weighted by molar-refractivity contribution is 7.09. The van der Waals surface area contributed by atoms with Crippen molar-refractivity contribution in [3.05, 3.63) is 57.8 Å². The van der Waals surface area contributed by atoms with E-state index in [1.165, 1.54) is 22.9 Å². The number of aryl methyl sites for hydroxylation is 1. The van der Waals surface area contributed by atoms with E-state index in [1.54, 1.807) is 16.2 Å². The average Bonchev–Trinajstić information content (AvgIpc) is 3.37. The molecule has 1 aliphatic rings. The molecular weight excluding hydrogens is 384 g/mol. The molecule has 7 heteroatoms. The molecule has 3 rings (SSSR count). The predicted octanol–water partition coefficient (Wildman–Crippen LogP) is 2.12. The van der Waals surface area contributed by atoms with Crippen LogP contribution in [0.5, 0.6) is 0 Å². The maximum absolute atomic E-state index is 12.6. The number of benzene rings is 1. The van der Waals surface area contributed by atoms with Crippen molar-refractivity contribution in [2.75, 3.05) is 19.6 Å². The van der Waals surface area contributed by atoms with Crippen LogP contribution in [0.3, 0.4) is 0 Å². The zero-order valence-electron chi connectivity index (χ0n) is 17.1. The minimum Gasteiger partial charge on any atom is -0.353 e. The van der Waals surface area contributed by atoms with E-state index in [-0.39, 0.29) is 17.9 Å². The zero-order valence-corrected chi connectivity index (χ0v) is 18.0. The Kier molecular flexibility index (Phi) is 7.41. The molecule has 0 radical (unpaired) electrons. The van der Waals surface area contributed by atoms with E-state index in [1.807, 2.05) is 0 Å². The summed E-state index contributed by atoms with van der Waals surface area (Å²) < 4.78 is 0. The summed E-state index contributed by atoms with van der Waals surface area (Å²) in [5, 5.41) is 4.93. The van der Waals surface area contributed by atoms with E-state index in [0.717, 1.165) is 13.1 Å². The monoisotopic (exact) mass is 414 g/mol. The summed E-state index contributed by atoms with van der Waals surface area (Å²) in [6.07, 6.45) is 0.632. The highest BCUT2D eigenvalue weighted by atomic mass is 32.1. The maximum Gasteiger partial charge on any atom is 0.242 e. The SMILES string of the molecule is CC(=O)N1CC(N(Cc2ccc(C)cc2)Cc2cccs2)CC1C(=O)NCCN. The normalized spacial score (nSPS) is 19.0. The van der Waals surface area contributed by atoms with Gasteiger partial charge in [0, 0.05) is 50.6 Å². The van der Waals surface area contributed by atoms with Crippen LogP contribution < -0.4 is 11.1 Å². The van der Waals surface area contributed by atoms with Crippen molar-refractivity contribution < 1.29 is 9.59 Å². The second-order valence-corrected chi connectivity index (χ2v) is 8.66. The van der Waals surface area contributed by atoms with Gasteiger partial charge in [0.15, 0.2) is 0 Å². The van der Waals surface area contributed by atoms with Crippen LogP contribution in [0.2, 0.25) is 0 Å². The highest BCUT2D eigenvalue weighted by Gasteiger charge is 2.40. The van der Waals surface area contributed by atoms with Crippen molar-refractivity contribution in [3.63, 3.8) is 0 Å². The van der Waals surface area contributed by atoms with Gasteiger partial charge < -0.3 is 16.0 Å². The average molecular weight is 415 g/mol. The minimum atomic E-state index is -0.437. The fourth-order valence-corrected chi connectivity index (χ4v) is 4.56. The Morgan fingerprint density at radius 3 is 2.62 bits per heavy atom. The molecule has 1 aliphatic heterocycles. The minimum absolute atomic E-state index is 0.0631. The maximum atomic E-state index is 12.6. The molecule has 2 heterocycles. The Balaban J connectivity index is 1.79. The number of nitrogens with one attached hydrogen (secondary N) is 1. The topological polar surface area (TPSA) is 78.7 Å². The standard InChI is InChI=1S/C22H30N4O2S/c1-16-5-7-18(8-6-16)13-25(15-20-4-3-11-29-20)19-12-21(22(28)24-10-9-23)26(14-19)17(2)27/h3-8,11,19,21H,9-10,12-15,23H2,1-2H3,(H,24,28). The van der Waals surface area contributed by atoms with Gasteiger partial charge in [-0.1, -0.05) is 35.9 Å². The third-order valence-corrected chi connectivity index (χ3v) is 6.25. The Morgan fingerprint density at radius 2 is 2.00 bits per heavy atom. The Labute approximate surface area is 176 Å². The van der Waals surface area contributed by atoms with Gasteiger partial charge in [-0.15, -0.1) is 11.3 Å². The van der Waals surface area contributed by atoms with Crippen LogP contribution in [0.4, 0.5) is 0 Å². The molecule has 0 spiro atoms. The number of hydrogen-bond donors (Lipinski definition) is 2. The van der Waals surface area contributed by atoms with Crippen molar-refractivity contribution in [2.24, 2.45) is 5.73 Å². The van der Waals surface area contributed by atoms with Gasteiger partial charge in [-0.2, -0.15) is 0 Å². The lowest BCUT2D eigenvalue weighted by atomic mass is 10.1. The van der Waals surface area contributed by atoms with Gasteiger partial charge >= 0.3 is 0 Å². The van der Waals surface area contributed by atoms with Crippen LogP contribution in [0.25, 0.3) is 0 Å². The number of carbonyl (C=O) groups is 2. The molecule has 1 aromatic carbocycles. The first kappa shape index (κ1) is 21.5. The predicted molar refractivity (Wildman–Crippen MR) is 116 cm³/mol. The van der Waals surface area contributed by atoms with E-state index in [0.29, 0.717) is 26.1 Å². The molecule has 3 N–H and O–H groups in total. The number of thiophene rings is 1. The molecule has 29 heavy (non-hydrogen) atoms. The summed E-state index contributed by atoms with van der Waals surface area (Å²) in [5.74, 6) is -0.175. The fraction of sp³-hybridized carbons (Fsp3) is 0.455. The molecule has 0 aliphatic carbocycles. The lowest BCUT2D eigenvalue weighted by Crippen LogP contribution is -2.46. The second kappa shape index (κ2) is 10.0. The third kappa shape index (κ3) is 5.65. The Morgan fingerprint density at radius 1 is 1.24 bits per heavy atom.